The van der Waals surface area contributed by atoms with Gasteiger partial charge < -0.3 is 9.64 Å². The molecule has 118 valence electrons. The Morgan fingerprint density at radius 1 is 1.52 bits per heavy atom. The molecule has 1 aliphatic rings. The van der Waals surface area contributed by atoms with Gasteiger partial charge in [0.2, 0.25) is 0 Å². The molecule has 0 amide bonds. The minimum Gasteiger partial charge on any atom is -0.465 e. The van der Waals surface area contributed by atoms with E-state index < -0.39 is 0 Å². The number of ether oxygens (including phenoxy) is 1. The predicted molar refractivity (Wildman–Crippen MR) is 87.1 cm³/mol. The molecule has 0 bridgehead atoms. The number of anilines is 1. The number of carbonyl (C=O) groups is 1. The molecule has 2 atom stereocenters. The third-order valence-electron chi connectivity index (χ3n) is 4.41. The Labute approximate surface area is 131 Å². The first kappa shape index (κ1) is 16.3. The molecular weight excluding hydrogens is 284 g/mol. The number of rotatable bonds is 4. The van der Waals surface area contributed by atoms with E-state index in [1.54, 1.807) is 11.3 Å². The van der Waals surface area contributed by atoms with Crippen molar-refractivity contribution >= 4 is 22.4 Å². The van der Waals surface area contributed by atoms with Crippen LogP contribution in [0.25, 0.3) is 0 Å². The summed E-state index contributed by atoms with van der Waals surface area (Å²) in [5, 5.41) is 1.01. The highest BCUT2D eigenvalue weighted by Gasteiger charge is 2.35. The quantitative estimate of drug-likeness (QED) is 0.797. The molecule has 0 spiro atoms. The number of esters is 1. The smallest absolute Gasteiger partial charge is 0.315 e. The molecule has 0 radical (unpaired) electrons. The zero-order valence-corrected chi connectivity index (χ0v) is 14.7. The van der Waals surface area contributed by atoms with Crippen molar-refractivity contribution < 1.29 is 9.53 Å². The Hall–Kier alpha value is -1.10. The van der Waals surface area contributed by atoms with Crippen LogP contribution in [-0.4, -0.2) is 30.6 Å². The Kier molecular flexibility index (Phi) is 4.61. The maximum Gasteiger partial charge on any atom is 0.315 e. The van der Waals surface area contributed by atoms with Gasteiger partial charge in [0, 0.05) is 18.0 Å². The van der Waals surface area contributed by atoms with Crippen LogP contribution in [0.2, 0.25) is 0 Å². The summed E-state index contributed by atoms with van der Waals surface area (Å²) in [6, 6.07) is 0.379. The van der Waals surface area contributed by atoms with Crippen molar-refractivity contribution in [1.82, 2.24) is 4.98 Å². The lowest BCUT2D eigenvalue weighted by Crippen LogP contribution is -2.39. The lowest BCUT2D eigenvalue weighted by atomic mass is 9.87. The van der Waals surface area contributed by atoms with E-state index in [9.17, 15) is 4.79 Å². The van der Waals surface area contributed by atoms with Crippen LogP contribution in [0.15, 0.2) is 0 Å². The van der Waals surface area contributed by atoms with Gasteiger partial charge in [-0.3, -0.25) is 4.79 Å². The lowest BCUT2D eigenvalue weighted by Gasteiger charge is -2.35. The topological polar surface area (TPSA) is 42.4 Å². The molecule has 1 aliphatic carbocycles. The van der Waals surface area contributed by atoms with Gasteiger partial charge in [-0.25, -0.2) is 4.98 Å². The van der Waals surface area contributed by atoms with Crippen LogP contribution in [0.4, 0.5) is 5.13 Å². The van der Waals surface area contributed by atoms with Gasteiger partial charge in [-0.15, -0.1) is 11.3 Å². The van der Waals surface area contributed by atoms with Crippen LogP contribution in [0.3, 0.4) is 0 Å². The van der Waals surface area contributed by atoms with E-state index in [0.717, 1.165) is 23.7 Å². The third-order valence-corrected chi connectivity index (χ3v) is 5.64. The highest BCUT2D eigenvalue weighted by atomic mass is 32.1. The average molecular weight is 310 g/mol. The standard InChI is InChI=1S/C16H26N2O2S/c1-7-20-14(19)11-8-9-12-13(11)17-15(21-12)18(6)10(2)16(3,4)5/h10-11H,7-9H2,1-6H3. The fourth-order valence-electron chi connectivity index (χ4n) is 2.58. The van der Waals surface area contributed by atoms with Gasteiger partial charge in [-0.2, -0.15) is 0 Å². The van der Waals surface area contributed by atoms with E-state index in [-0.39, 0.29) is 17.3 Å². The number of carbonyl (C=O) groups excluding carboxylic acids is 1. The molecular formula is C16H26N2O2S. The maximum atomic E-state index is 12.0. The van der Waals surface area contributed by atoms with E-state index in [1.165, 1.54) is 4.88 Å². The van der Waals surface area contributed by atoms with Gasteiger partial charge >= 0.3 is 5.97 Å². The molecule has 0 saturated carbocycles. The number of nitrogens with zero attached hydrogens (tertiary/aromatic N) is 2. The molecule has 1 aromatic rings. The van der Waals surface area contributed by atoms with Crippen molar-refractivity contribution in [3.63, 3.8) is 0 Å². The van der Waals surface area contributed by atoms with Gasteiger partial charge in [-0.1, -0.05) is 20.8 Å². The highest BCUT2D eigenvalue weighted by Crippen LogP contribution is 2.41. The van der Waals surface area contributed by atoms with Gasteiger partial charge in [0.05, 0.1) is 12.3 Å². The number of hydrogen-bond acceptors (Lipinski definition) is 5. The molecule has 2 rings (SSSR count). The summed E-state index contributed by atoms with van der Waals surface area (Å²) in [6.07, 6.45) is 1.78. The SMILES string of the molecule is CCOC(=O)C1CCc2sc(N(C)C(C)C(C)(C)C)nc21. The molecule has 0 N–H and O–H groups in total. The fraction of sp³-hybridized carbons (Fsp3) is 0.750. The van der Waals surface area contributed by atoms with Crippen LogP contribution < -0.4 is 4.90 Å². The summed E-state index contributed by atoms with van der Waals surface area (Å²) in [4.78, 5) is 20.2. The first-order chi connectivity index (χ1) is 9.75. The van der Waals surface area contributed by atoms with Gasteiger partial charge in [0.25, 0.3) is 0 Å². The van der Waals surface area contributed by atoms with Crippen LogP contribution in [-0.2, 0) is 16.0 Å². The second-order valence-corrected chi connectivity index (χ2v) is 7.86. The molecule has 5 heteroatoms. The molecule has 1 heterocycles. The Morgan fingerprint density at radius 3 is 2.76 bits per heavy atom. The minimum atomic E-state index is -0.164. The third kappa shape index (κ3) is 3.23. The molecule has 0 aromatic carbocycles. The predicted octanol–water partition coefficient (Wildman–Crippen LogP) is 3.61. The Bertz CT molecular complexity index is 519. The molecule has 4 nitrogen and oxygen atoms in total. The van der Waals surface area contributed by atoms with E-state index in [1.807, 2.05) is 6.92 Å². The van der Waals surface area contributed by atoms with E-state index in [2.05, 4.69) is 39.6 Å². The molecule has 21 heavy (non-hydrogen) atoms. The largest absolute Gasteiger partial charge is 0.465 e. The maximum absolute atomic E-state index is 12.0. The van der Waals surface area contributed by atoms with Crippen LogP contribution in [0.1, 0.15) is 57.5 Å². The molecule has 0 fully saturated rings. The van der Waals surface area contributed by atoms with E-state index in [4.69, 9.17) is 9.72 Å². The summed E-state index contributed by atoms with van der Waals surface area (Å²) < 4.78 is 5.17. The molecule has 1 aromatic heterocycles. The van der Waals surface area contributed by atoms with Gasteiger partial charge in [0.15, 0.2) is 5.13 Å². The first-order valence-electron chi connectivity index (χ1n) is 7.64. The summed E-state index contributed by atoms with van der Waals surface area (Å²) in [5.74, 6) is -0.289. The van der Waals surface area contributed by atoms with Crippen molar-refractivity contribution in [3.8, 4) is 0 Å². The van der Waals surface area contributed by atoms with Crippen molar-refractivity contribution in [2.75, 3.05) is 18.6 Å². The number of aromatic nitrogens is 1. The van der Waals surface area contributed by atoms with Crippen molar-refractivity contribution in [1.29, 1.82) is 0 Å². The Balaban J connectivity index is 2.20. The van der Waals surface area contributed by atoms with Crippen LogP contribution >= 0.6 is 11.3 Å². The summed E-state index contributed by atoms with van der Waals surface area (Å²) >= 11 is 1.72. The first-order valence-corrected chi connectivity index (χ1v) is 8.46. The van der Waals surface area contributed by atoms with Gasteiger partial charge in [-0.05, 0) is 32.1 Å². The summed E-state index contributed by atoms with van der Waals surface area (Å²) in [7, 11) is 2.09. The molecule has 2 unspecified atom stereocenters. The van der Waals surface area contributed by atoms with Crippen molar-refractivity contribution in [2.45, 2.75) is 59.4 Å². The number of thiazole rings is 1. The molecule has 0 aliphatic heterocycles. The van der Waals surface area contributed by atoms with Crippen molar-refractivity contribution in [2.24, 2.45) is 5.41 Å². The lowest BCUT2D eigenvalue weighted by molar-refractivity contribution is -0.145. The van der Waals surface area contributed by atoms with Gasteiger partial charge in [0.1, 0.15) is 5.92 Å². The fourth-order valence-corrected chi connectivity index (χ4v) is 3.76. The summed E-state index contributed by atoms with van der Waals surface area (Å²) in [6.45, 7) is 11.2. The average Bonchev–Trinajstić information content (AvgIpc) is 2.95. The second-order valence-electron chi connectivity index (χ2n) is 6.80. The highest BCUT2D eigenvalue weighted by molar-refractivity contribution is 7.15. The minimum absolute atomic E-state index is 0.125. The van der Waals surface area contributed by atoms with Crippen molar-refractivity contribution in [3.05, 3.63) is 10.6 Å². The zero-order valence-electron chi connectivity index (χ0n) is 13.9. The summed E-state index contributed by atoms with van der Waals surface area (Å²) in [5.41, 5.74) is 1.13. The van der Waals surface area contributed by atoms with Crippen LogP contribution in [0.5, 0.6) is 0 Å². The normalized spacial score (nSPS) is 19.2. The Morgan fingerprint density at radius 2 is 2.19 bits per heavy atom. The number of aryl methyl sites for hydroxylation is 1. The van der Waals surface area contributed by atoms with Crippen LogP contribution in [0, 0.1) is 5.41 Å². The molecule has 0 saturated heterocycles. The number of hydrogen-bond donors (Lipinski definition) is 0. The zero-order chi connectivity index (χ0) is 15.8. The second kappa shape index (κ2) is 5.95. The van der Waals surface area contributed by atoms with E-state index >= 15 is 0 Å². The number of fused-ring (bicyclic) bond motifs is 1. The van der Waals surface area contributed by atoms with E-state index in [0.29, 0.717) is 12.6 Å². The monoisotopic (exact) mass is 310 g/mol.